The molecule has 0 unspecified atom stereocenters. The van der Waals surface area contributed by atoms with Crippen LogP contribution in [0.15, 0.2) is 30.6 Å². The summed E-state index contributed by atoms with van der Waals surface area (Å²) in [6, 6.07) is 6.36. The van der Waals surface area contributed by atoms with Crippen LogP contribution in [0.1, 0.15) is 37.7 Å². The summed E-state index contributed by atoms with van der Waals surface area (Å²) >= 11 is 5.93. The zero-order valence-corrected chi connectivity index (χ0v) is 18.6. The Morgan fingerprint density at radius 2 is 2.06 bits per heavy atom. The van der Waals surface area contributed by atoms with Gasteiger partial charge in [-0.1, -0.05) is 17.7 Å². The summed E-state index contributed by atoms with van der Waals surface area (Å²) in [4.78, 5) is 22.2. The highest BCUT2D eigenvalue weighted by atomic mass is 35.5. The van der Waals surface area contributed by atoms with Crippen molar-refractivity contribution in [2.24, 2.45) is 0 Å². The van der Waals surface area contributed by atoms with Gasteiger partial charge in [-0.05, 0) is 37.5 Å². The zero-order chi connectivity index (χ0) is 22.2. The first-order chi connectivity index (χ1) is 15.0. The van der Waals surface area contributed by atoms with Crippen molar-refractivity contribution in [1.29, 1.82) is 0 Å². The quantitative estimate of drug-likeness (QED) is 0.561. The van der Waals surface area contributed by atoms with E-state index in [0.717, 1.165) is 49.5 Å². The van der Waals surface area contributed by atoms with E-state index in [1.807, 2.05) is 18.2 Å². The van der Waals surface area contributed by atoms with Crippen LogP contribution >= 0.6 is 11.6 Å². The second kappa shape index (κ2) is 11.3. The van der Waals surface area contributed by atoms with Gasteiger partial charge in [-0.3, -0.25) is 4.79 Å². The smallest absolute Gasteiger partial charge is 0.304 e. The monoisotopic (exact) mass is 448 g/mol. The molecule has 2 aromatic rings. The van der Waals surface area contributed by atoms with Gasteiger partial charge in [-0.15, -0.1) is 0 Å². The van der Waals surface area contributed by atoms with E-state index in [9.17, 15) is 9.90 Å². The average molecular weight is 449 g/mol. The fourth-order valence-electron chi connectivity index (χ4n) is 3.96. The second-order valence-electron chi connectivity index (χ2n) is 7.51. The van der Waals surface area contributed by atoms with Gasteiger partial charge in [0.15, 0.2) is 0 Å². The number of methoxy groups -OCH3 is 1. The van der Waals surface area contributed by atoms with E-state index in [2.05, 4.69) is 27.1 Å². The van der Waals surface area contributed by atoms with Crippen LogP contribution in [0, 0.1) is 0 Å². The molecule has 8 nitrogen and oxygen atoms in total. The number of nitrogens with zero attached hydrogens (tertiary/aromatic N) is 3. The number of nitrogens with one attached hydrogen (secondary N) is 1. The molecule has 0 aliphatic carbocycles. The molecule has 3 rings (SSSR count). The Bertz CT molecular complexity index is 859. The molecule has 1 aliphatic rings. The summed E-state index contributed by atoms with van der Waals surface area (Å²) in [7, 11) is 1.58. The number of aliphatic carboxylic acids is 1. The third kappa shape index (κ3) is 6.29. The van der Waals surface area contributed by atoms with Crippen molar-refractivity contribution >= 4 is 34.9 Å². The molecular weight excluding hydrogens is 420 g/mol. The van der Waals surface area contributed by atoms with E-state index in [0.29, 0.717) is 23.6 Å². The number of anilines is 3. The first-order valence-electron chi connectivity index (χ1n) is 10.5. The van der Waals surface area contributed by atoms with Gasteiger partial charge in [0.2, 0.25) is 5.95 Å². The number of carboxylic acid groups (broad SMARTS) is 1. The molecule has 1 aromatic carbocycles. The highest BCUT2D eigenvalue weighted by Crippen LogP contribution is 2.35. The van der Waals surface area contributed by atoms with Gasteiger partial charge in [0.1, 0.15) is 0 Å². The summed E-state index contributed by atoms with van der Waals surface area (Å²) in [6.07, 6.45) is 4.97. The van der Waals surface area contributed by atoms with Gasteiger partial charge in [-0.2, -0.15) is 0 Å². The van der Waals surface area contributed by atoms with Crippen molar-refractivity contribution in [3.63, 3.8) is 0 Å². The first kappa shape index (κ1) is 23.2. The summed E-state index contributed by atoms with van der Waals surface area (Å²) in [5.74, 6) is -0.701. The standard InChI is InChI=1S/C22H29ClN4O4/c1-3-27(18-6-8-31-9-7-18)20-5-4-15(16(14-30-2)11-21(28)29)10-19(20)26-22-24-12-17(23)13-25-22/h4-5,10,12-13,16,18H,3,6-9,11,14H2,1-2H3,(H,28,29)(H,24,25,26)/t16-/m0/s1. The highest BCUT2D eigenvalue weighted by molar-refractivity contribution is 6.30. The van der Waals surface area contributed by atoms with Crippen molar-refractivity contribution in [3.8, 4) is 0 Å². The number of rotatable bonds is 10. The summed E-state index contributed by atoms with van der Waals surface area (Å²) < 4.78 is 10.8. The van der Waals surface area contributed by atoms with Crippen molar-refractivity contribution < 1.29 is 19.4 Å². The van der Waals surface area contributed by atoms with Crippen LogP contribution in [0.5, 0.6) is 0 Å². The molecule has 0 amide bonds. The van der Waals surface area contributed by atoms with Crippen LogP contribution in [0.4, 0.5) is 17.3 Å². The van der Waals surface area contributed by atoms with E-state index in [-0.39, 0.29) is 12.3 Å². The zero-order valence-electron chi connectivity index (χ0n) is 17.9. The van der Waals surface area contributed by atoms with Gasteiger partial charge in [0.05, 0.1) is 41.8 Å². The minimum Gasteiger partial charge on any atom is -0.481 e. The molecule has 1 aliphatic heterocycles. The fourth-order valence-corrected chi connectivity index (χ4v) is 4.06. The van der Waals surface area contributed by atoms with Crippen molar-refractivity contribution in [1.82, 2.24) is 9.97 Å². The summed E-state index contributed by atoms with van der Waals surface area (Å²) in [5.41, 5.74) is 2.72. The van der Waals surface area contributed by atoms with Crippen LogP contribution in [0.3, 0.4) is 0 Å². The molecule has 2 heterocycles. The van der Waals surface area contributed by atoms with Gasteiger partial charge >= 0.3 is 5.97 Å². The molecule has 1 saturated heterocycles. The third-order valence-corrected chi connectivity index (χ3v) is 5.62. The lowest BCUT2D eigenvalue weighted by atomic mass is 9.95. The molecule has 0 radical (unpaired) electrons. The fraction of sp³-hybridized carbons (Fsp3) is 0.500. The lowest BCUT2D eigenvalue weighted by molar-refractivity contribution is -0.137. The summed E-state index contributed by atoms with van der Waals surface area (Å²) in [5, 5.41) is 13.1. The van der Waals surface area contributed by atoms with Crippen molar-refractivity contribution in [2.45, 2.75) is 38.1 Å². The van der Waals surface area contributed by atoms with E-state index in [4.69, 9.17) is 21.1 Å². The number of ether oxygens (including phenoxy) is 2. The maximum atomic E-state index is 11.4. The van der Waals surface area contributed by atoms with Gasteiger partial charge < -0.3 is 24.8 Å². The summed E-state index contributed by atoms with van der Waals surface area (Å²) in [6.45, 7) is 4.77. The number of carbonyl (C=O) groups is 1. The normalized spacial score (nSPS) is 15.5. The third-order valence-electron chi connectivity index (χ3n) is 5.43. The first-order valence-corrected chi connectivity index (χ1v) is 10.8. The van der Waals surface area contributed by atoms with Crippen LogP contribution in [0.2, 0.25) is 5.02 Å². The Kier molecular flexibility index (Phi) is 8.45. The number of aromatic nitrogens is 2. The van der Waals surface area contributed by atoms with Crippen LogP contribution in [0.25, 0.3) is 0 Å². The van der Waals surface area contributed by atoms with E-state index >= 15 is 0 Å². The molecule has 1 fully saturated rings. The Morgan fingerprint density at radius 3 is 2.68 bits per heavy atom. The predicted molar refractivity (Wildman–Crippen MR) is 120 cm³/mol. The molecule has 1 aromatic heterocycles. The molecule has 0 spiro atoms. The van der Waals surface area contributed by atoms with Crippen LogP contribution in [-0.4, -0.2) is 60.6 Å². The molecule has 168 valence electrons. The Morgan fingerprint density at radius 1 is 1.35 bits per heavy atom. The number of benzene rings is 1. The maximum absolute atomic E-state index is 11.4. The van der Waals surface area contributed by atoms with Gasteiger partial charge in [-0.25, -0.2) is 9.97 Å². The minimum absolute atomic E-state index is 0.0124. The Balaban J connectivity index is 1.99. The van der Waals surface area contributed by atoms with Crippen LogP contribution < -0.4 is 10.2 Å². The maximum Gasteiger partial charge on any atom is 0.304 e. The van der Waals surface area contributed by atoms with E-state index < -0.39 is 5.97 Å². The van der Waals surface area contributed by atoms with E-state index in [1.54, 1.807) is 7.11 Å². The minimum atomic E-state index is -0.862. The predicted octanol–water partition coefficient (Wildman–Crippen LogP) is 4.08. The van der Waals surface area contributed by atoms with Crippen LogP contribution in [-0.2, 0) is 14.3 Å². The molecule has 1 atom stereocenters. The number of carboxylic acids is 1. The number of hydrogen-bond donors (Lipinski definition) is 2. The molecule has 31 heavy (non-hydrogen) atoms. The van der Waals surface area contributed by atoms with E-state index in [1.165, 1.54) is 12.4 Å². The lowest BCUT2D eigenvalue weighted by Gasteiger charge is -2.36. The molecule has 2 N–H and O–H groups in total. The molecular formula is C22H29ClN4O4. The Labute approximate surface area is 187 Å². The molecule has 0 bridgehead atoms. The molecule has 9 heteroatoms. The van der Waals surface area contributed by atoms with Crippen molar-refractivity contribution in [3.05, 3.63) is 41.2 Å². The van der Waals surface area contributed by atoms with Crippen molar-refractivity contribution in [2.75, 3.05) is 43.7 Å². The largest absolute Gasteiger partial charge is 0.481 e. The lowest BCUT2D eigenvalue weighted by Crippen LogP contribution is -2.39. The number of hydrogen-bond acceptors (Lipinski definition) is 7. The molecule has 0 saturated carbocycles. The van der Waals surface area contributed by atoms with Gasteiger partial charge in [0.25, 0.3) is 0 Å². The topological polar surface area (TPSA) is 96.8 Å². The second-order valence-corrected chi connectivity index (χ2v) is 7.94. The Hall–Kier alpha value is -2.42. The SMILES string of the molecule is CCN(c1ccc([C@H](COC)CC(=O)O)cc1Nc1ncc(Cl)cn1)C1CCOCC1. The average Bonchev–Trinajstić information content (AvgIpc) is 2.77. The van der Waals surface area contributed by atoms with Gasteiger partial charge in [0, 0.05) is 38.8 Å². The highest BCUT2D eigenvalue weighted by Gasteiger charge is 2.24. The number of halogens is 1.